The molecule has 1 heterocycles. The number of piperidine rings is 1. The van der Waals surface area contributed by atoms with Crippen LogP contribution in [-0.4, -0.2) is 39.5 Å². The van der Waals surface area contributed by atoms with E-state index in [1.807, 2.05) is 0 Å². The van der Waals surface area contributed by atoms with Gasteiger partial charge in [-0.1, -0.05) is 18.6 Å². The van der Waals surface area contributed by atoms with Crippen molar-refractivity contribution >= 4 is 26.0 Å². The van der Waals surface area contributed by atoms with Crippen LogP contribution in [0.25, 0.3) is 0 Å². The summed E-state index contributed by atoms with van der Waals surface area (Å²) in [5, 5.41) is 0. The highest BCUT2D eigenvalue weighted by Crippen LogP contribution is 2.20. The number of sulfonamides is 1. The van der Waals surface area contributed by atoms with Gasteiger partial charge < -0.3 is 4.90 Å². The molecule has 0 atom stereocenters. The molecule has 1 saturated heterocycles. The summed E-state index contributed by atoms with van der Waals surface area (Å²) in [6.07, 6.45) is 3.73. The maximum absolute atomic E-state index is 12.1. The summed E-state index contributed by atoms with van der Waals surface area (Å²) in [6, 6.07) is 6.87. The molecule has 1 aromatic carbocycles. The van der Waals surface area contributed by atoms with Gasteiger partial charge in [-0.25, -0.2) is 13.1 Å². The van der Waals surface area contributed by atoms with Crippen molar-refractivity contribution in [3.63, 3.8) is 0 Å². The van der Waals surface area contributed by atoms with E-state index >= 15 is 0 Å². The second-order valence-corrected chi connectivity index (χ2v) is 7.32. The lowest BCUT2D eigenvalue weighted by molar-refractivity contribution is 0.233. The van der Waals surface area contributed by atoms with E-state index in [1.54, 1.807) is 24.3 Å². The average molecular weight is 347 g/mol. The van der Waals surface area contributed by atoms with Gasteiger partial charge in [-0.15, -0.1) is 0 Å². The van der Waals surface area contributed by atoms with Gasteiger partial charge in [0.2, 0.25) is 10.0 Å². The monoisotopic (exact) mass is 346 g/mol. The van der Waals surface area contributed by atoms with Crippen molar-refractivity contribution in [1.29, 1.82) is 0 Å². The van der Waals surface area contributed by atoms with Crippen LogP contribution in [-0.2, 0) is 10.0 Å². The Labute approximate surface area is 123 Å². The second-order valence-electron chi connectivity index (χ2n) is 4.73. The summed E-state index contributed by atoms with van der Waals surface area (Å²) in [5.41, 5.74) is 0. The Morgan fingerprint density at radius 2 is 1.84 bits per heavy atom. The van der Waals surface area contributed by atoms with E-state index in [4.69, 9.17) is 0 Å². The lowest BCUT2D eigenvalue weighted by atomic mass is 10.1. The number of hydrogen-bond acceptors (Lipinski definition) is 3. The summed E-state index contributed by atoms with van der Waals surface area (Å²) in [6.45, 7) is 3.40. The zero-order valence-corrected chi connectivity index (χ0v) is 13.2. The Bertz CT molecular complexity index is 513. The lowest BCUT2D eigenvalue weighted by Gasteiger charge is -2.26. The van der Waals surface area contributed by atoms with Gasteiger partial charge >= 0.3 is 0 Å². The van der Waals surface area contributed by atoms with Crippen LogP contribution in [0.15, 0.2) is 33.6 Å². The van der Waals surface area contributed by atoms with Gasteiger partial charge in [0.25, 0.3) is 0 Å². The largest absolute Gasteiger partial charge is 0.302 e. The highest BCUT2D eigenvalue weighted by atomic mass is 79.9. The van der Waals surface area contributed by atoms with Crippen molar-refractivity contribution in [2.45, 2.75) is 24.2 Å². The zero-order valence-electron chi connectivity index (χ0n) is 10.8. The molecule has 6 heteroatoms. The molecule has 1 aliphatic heterocycles. The molecular weight excluding hydrogens is 328 g/mol. The standard InChI is InChI=1S/C13H19BrN2O2S/c14-12-6-2-3-7-13(12)19(17,18)15-8-11-16-9-4-1-5-10-16/h2-3,6-7,15H,1,4-5,8-11H2. The quantitative estimate of drug-likeness (QED) is 0.889. The van der Waals surface area contributed by atoms with Crippen LogP contribution in [0.1, 0.15) is 19.3 Å². The first-order chi connectivity index (χ1) is 9.09. The second kappa shape index (κ2) is 6.83. The van der Waals surface area contributed by atoms with Gasteiger partial charge in [0.15, 0.2) is 0 Å². The number of benzene rings is 1. The predicted octanol–water partition coefficient (Wildman–Crippen LogP) is 2.21. The number of hydrogen-bond donors (Lipinski definition) is 1. The summed E-state index contributed by atoms with van der Waals surface area (Å²) >= 11 is 3.27. The zero-order chi connectivity index (χ0) is 13.7. The van der Waals surface area contributed by atoms with Crippen molar-refractivity contribution in [2.24, 2.45) is 0 Å². The SMILES string of the molecule is O=S(=O)(NCCN1CCCCC1)c1ccccc1Br. The third kappa shape index (κ3) is 4.27. The van der Waals surface area contributed by atoms with Gasteiger partial charge in [0.05, 0.1) is 4.90 Å². The van der Waals surface area contributed by atoms with Gasteiger partial charge in [-0.3, -0.25) is 0 Å². The van der Waals surface area contributed by atoms with E-state index in [0.29, 0.717) is 15.9 Å². The minimum absolute atomic E-state index is 0.300. The number of nitrogens with zero attached hydrogens (tertiary/aromatic N) is 1. The first-order valence-electron chi connectivity index (χ1n) is 6.56. The topological polar surface area (TPSA) is 49.4 Å². The van der Waals surface area contributed by atoms with Crippen molar-refractivity contribution in [3.8, 4) is 0 Å². The Morgan fingerprint density at radius 1 is 1.16 bits per heavy atom. The Hall–Kier alpha value is -0.430. The van der Waals surface area contributed by atoms with Gasteiger partial charge in [0.1, 0.15) is 0 Å². The van der Waals surface area contributed by atoms with E-state index in [9.17, 15) is 8.42 Å². The van der Waals surface area contributed by atoms with E-state index in [2.05, 4.69) is 25.6 Å². The molecule has 106 valence electrons. The van der Waals surface area contributed by atoms with Crippen LogP contribution >= 0.6 is 15.9 Å². The van der Waals surface area contributed by atoms with E-state index in [1.165, 1.54) is 19.3 Å². The lowest BCUT2D eigenvalue weighted by Crippen LogP contribution is -2.37. The number of halogens is 1. The molecule has 4 nitrogen and oxygen atoms in total. The predicted molar refractivity (Wildman–Crippen MR) is 79.6 cm³/mol. The smallest absolute Gasteiger partial charge is 0.241 e. The normalized spacial score (nSPS) is 17.5. The molecule has 0 aliphatic carbocycles. The van der Waals surface area contributed by atoms with Gasteiger partial charge in [-0.05, 0) is 54.0 Å². The molecule has 0 saturated carbocycles. The van der Waals surface area contributed by atoms with Crippen molar-refractivity contribution < 1.29 is 8.42 Å². The average Bonchev–Trinajstić information content (AvgIpc) is 2.40. The maximum Gasteiger partial charge on any atom is 0.241 e. The number of rotatable bonds is 5. The van der Waals surface area contributed by atoms with E-state index in [0.717, 1.165) is 19.6 Å². The minimum atomic E-state index is -3.42. The molecule has 0 radical (unpaired) electrons. The highest BCUT2D eigenvalue weighted by Gasteiger charge is 2.17. The molecule has 19 heavy (non-hydrogen) atoms. The van der Waals surface area contributed by atoms with Crippen molar-refractivity contribution in [1.82, 2.24) is 9.62 Å². The minimum Gasteiger partial charge on any atom is -0.302 e. The maximum atomic E-state index is 12.1. The fourth-order valence-electron chi connectivity index (χ4n) is 2.26. The van der Waals surface area contributed by atoms with Gasteiger partial charge in [-0.2, -0.15) is 0 Å². The molecule has 1 N–H and O–H groups in total. The van der Waals surface area contributed by atoms with E-state index in [-0.39, 0.29) is 0 Å². The van der Waals surface area contributed by atoms with Gasteiger partial charge in [0, 0.05) is 17.6 Å². The first-order valence-corrected chi connectivity index (χ1v) is 8.84. The van der Waals surface area contributed by atoms with Crippen LogP contribution in [0, 0.1) is 0 Å². The molecule has 0 amide bonds. The fourth-order valence-corrected chi connectivity index (χ4v) is 4.28. The third-order valence-electron chi connectivity index (χ3n) is 3.29. The molecule has 1 fully saturated rings. The highest BCUT2D eigenvalue weighted by molar-refractivity contribution is 9.10. The number of nitrogens with one attached hydrogen (secondary N) is 1. The summed E-state index contributed by atoms with van der Waals surface area (Å²) in [7, 11) is -3.42. The third-order valence-corrected chi connectivity index (χ3v) is 5.77. The van der Waals surface area contributed by atoms with Crippen LogP contribution in [0.4, 0.5) is 0 Å². The summed E-state index contributed by atoms with van der Waals surface area (Å²) in [4.78, 5) is 2.61. The summed E-state index contributed by atoms with van der Waals surface area (Å²) in [5.74, 6) is 0. The van der Waals surface area contributed by atoms with Crippen molar-refractivity contribution in [3.05, 3.63) is 28.7 Å². The van der Waals surface area contributed by atoms with Crippen LogP contribution in [0.3, 0.4) is 0 Å². The molecule has 0 unspecified atom stereocenters. The summed E-state index contributed by atoms with van der Waals surface area (Å²) < 4.78 is 27.5. The van der Waals surface area contributed by atoms with Crippen LogP contribution < -0.4 is 4.72 Å². The molecular formula is C13H19BrN2O2S. The molecule has 1 aliphatic rings. The molecule has 0 bridgehead atoms. The Balaban J connectivity index is 1.89. The number of likely N-dealkylation sites (tertiary alicyclic amines) is 1. The molecule has 0 spiro atoms. The Morgan fingerprint density at radius 3 is 2.53 bits per heavy atom. The Kier molecular flexibility index (Phi) is 5.38. The van der Waals surface area contributed by atoms with Crippen molar-refractivity contribution in [2.75, 3.05) is 26.2 Å². The van der Waals surface area contributed by atoms with Crippen LogP contribution in [0.2, 0.25) is 0 Å². The van der Waals surface area contributed by atoms with Crippen LogP contribution in [0.5, 0.6) is 0 Å². The van der Waals surface area contributed by atoms with E-state index < -0.39 is 10.0 Å². The fraction of sp³-hybridized carbons (Fsp3) is 0.538. The molecule has 1 aromatic rings. The molecule has 2 rings (SSSR count). The molecule has 0 aromatic heterocycles. The first kappa shape index (κ1) is 15.0.